The minimum absolute atomic E-state index is 0.438. The van der Waals surface area contributed by atoms with Gasteiger partial charge in [0.25, 0.3) is 0 Å². The van der Waals surface area contributed by atoms with Crippen LogP contribution in [-0.4, -0.2) is 13.7 Å². The SMILES string of the molecule is CNC(c1cccc2c1OCCC2)C1CC1(C)C. The molecule has 1 N–H and O–H groups in total. The fraction of sp³-hybridized carbons (Fsp3) is 0.625. The third-order valence-electron chi connectivity index (χ3n) is 4.60. The standard InChI is InChI=1S/C16H23NO/c1-16(2)10-13(16)14(17-3)12-8-4-6-11-7-5-9-18-15(11)12/h4,6,8,13-14,17H,5,7,9-10H2,1-3H3. The van der Waals surface area contributed by atoms with Crippen molar-refractivity contribution in [3.8, 4) is 5.75 Å². The van der Waals surface area contributed by atoms with Gasteiger partial charge in [0, 0.05) is 11.6 Å². The second-order valence-corrected chi connectivity index (χ2v) is 6.35. The first-order valence-corrected chi connectivity index (χ1v) is 7.05. The lowest BCUT2D eigenvalue weighted by Crippen LogP contribution is -2.23. The van der Waals surface area contributed by atoms with E-state index in [0.717, 1.165) is 31.1 Å². The maximum Gasteiger partial charge on any atom is 0.127 e. The number of aryl methyl sites for hydroxylation is 1. The number of hydrogen-bond donors (Lipinski definition) is 1. The van der Waals surface area contributed by atoms with Gasteiger partial charge >= 0.3 is 0 Å². The monoisotopic (exact) mass is 245 g/mol. The summed E-state index contributed by atoms with van der Waals surface area (Å²) in [6.45, 7) is 5.59. The lowest BCUT2D eigenvalue weighted by molar-refractivity contribution is 0.279. The zero-order chi connectivity index (χ0) is 12.8. The lowest BCUT2D eigenvalue weighted by atomic mass is 9.93. The molecule has 1 aromatic carbocycles. The van der Waals surface area contributed by atoms with E-state index in [0.29, 0.717) is 11.5 Å². The van der Waals surface area contributed by atoms with E-state index < -0.39 is 0 Å². The van der Waals surface area contributed by atoms with Crippen LogP contribution >= 0.6 is 0 Å². The average molecular weight is 245 g/mol. The normalized spacial score (nSPS) is 26.1. The average Bonchev–Trinajstić information content (AvgIpc) is 2.99. The van der Waals surface area contributed by atoms with Crippen molar-refractivity contribution in [1.82, 2.24) is 5.32 Å². The van der Waals surface area contributed by atoms with Crippen LogP contribution in [0, 0.1) is 11.3 Å². The number of hydrogen-bond acceptors (Lipinski definition) is 2. The molecular formula is C16H23NO. The Morgan fingerprint density at radius 3 is 2.83 bits per heavy atom. The van der Waals surface area contributed by atoms with E-state index in [-0.39, 0.29) is 0 Å². The van der Waals surface area contributed by atoms with Crippen molar-refractivity contribution in [2.75, 3.05) is 13.7 Å². The number of benzene rings is 1. The van der Waals surface area contributed by atoms with Crippen molar-refractivity contribution >= 4 is 0 Å². The topological polar surface area (TPSA) is 21.3 Å². The highest BCUT2D eigenvalue weighted by Crippen LogP contribution is 2.58. The molecule has 98 valence electrons. The van der Waals surface area contributed by atoms with Crippen molar-refractivity contribution in [3.63, 3.8) is 0 Å². The Morgan fingerprint density at radius 2 is 2.17 bits per heavy atom. The van der Waals surface area contributed by atoms with Gasteiger partial charge in [0.2, 0.25) is 0 Å². The van der Waals surface area contributed by atoms with E-state index in [2.05, 4.69) is 44.4 Å². The van der Waals surface area contributed by atoms with Gasteiger partial charge in [-0.1, -0.05) is 32.0 Å². The van der Waals surface area contributed by atoms with Crippen molar-refractivity contribution in [2.24, 2.45) is 11.3 Å². The highest BCUT2D eigenvalue weighted by molar-refractivity contribution is 5.45. The van der Waals surface area contributed by atoms with Crippen LogP contribution in [0.4, 0.5) is 0 Å². The summed E-state index contributed by atoms with van der Waals surface area (Å²) in [4.78, 5) is 0. The first-order valence-electron chi connectivity index (χ1n) is 7.05. The van der Waals surface area contributed by atoms with E-state index >= 15 is 0 Å². The van der Waals surface area contributed by atoms with Crippen molar-refractivity contribution in [1.29, 1.82) is 0 Å². The molecular weight excluding hydrogens is 222 g/mol. The predicted octanol–water partition coefficient (Wildman–Crippen LogP) is 3.32. The van der Waals surface area contributed by atoms with Crippen LogP contribution in [0.15, 0.2) is 18.2 Å². The van der Waals surface area contributed by atoms with Gasteiger partial charge in [-0.05, 0) is 43.2 Å². The summed E-state index contributed by atoms with van der Waals surface area (Å²) in [6, 6.07) is 7.07. The molecule has 2 heteroatoms. The summed E-state index contributed by atoms with van der Waals surface area (Å²) in [6.07, 6.45) is 3.62. The molecule has 0 aromatic heterocycles. The van der Waals surface area contributed by atoms with Gasteiger partial charge in [0.1, 0.15) is 5.75 Å². The van der Waals surface area contributed by atoms with E-state index in [4.69, 9.17) is 4.74 Å². The van der Waals surface area contributed by atoms with Crippen LogP contribution < -0.4 is 10.1 Å². The smallest absolute Gasteiger partial charge is 0.127 e. The molecule has 1 fully saturated rings. The Balaban J connectivity index is 1.95. The van der Waals surface area contributed by atoms with Gasteiger partial charge in [-0.2, -0.15) is 0 Å². The Labute approximate surface area is 110 Å². The minimum atomic E-state index is 0.438. The molecule has 1 saturated carbocycles. The van der Waals surface area contributed by atoms with Crippen LogP contribution in [0.5, 0.6) is 5.75 Å². The molecule has 0 radical (unpaired) electrons. The molecule has 0 amide bonds. The summed E-state index contributed by atoms with van der Waals surface area (Å²) in [5, 5.41) is 3.51. The summed E-state index contributed by atoms with van der Waals surface area (Å²) >= 11 is 0. The van der Waals surface area contributed by atoms with Crippen molar-refractivity contribution < 1.29 is 4.74 Å². The number of para-hydroxylation sites is 1. The zero-order valence-electron chi connectivity index (χ0n) is 11.6. The van der Waals surface area contributed by atoms with E-state index in [1.165, 1.54) is 17.5 Å². The van der Waals surface area contributed by atoms with Crippen molar-refractivity contribution in [3.05, 3.63) is 29.3 Å². The summed E-state index contributed by atoms with van der Waals surface area (Å²) < 4.78 is 5.94. The summed E-state index contributed by atoms with van der Waals surface area (Å²) in [7, 11) is 2.07. The van der Waals surface area contributed by atoms with E-state index in [9.17, 15) is 0 Å². The second-order valence-electron chi connectivity index (χ2n) is 6.35. The molecule has 3 rings (SSSR count). The molecule has 2 nitrogen and oxygen atoms in total. The predicted molar refractivity (Wildman–Crippen MR) is 73.9 cm³/mol. The molecule has 2 aliphatic rings. The number of fused-ring (bicyclic) bond motifs is 1. The van der Waals surface area contributed by atoms with Crippen LogP contribution in [0.1, 0.15) is 43.9 Å². The second kappa shape index (κ2) is 4.27. The van der Waals surface area contributed by atoms with E-state index in [1.54, 1.807) is 0 Å². The molecule has 2 atom stereocenters. The van der Waals surface area contributed by atoms with Crippen LogP contribution in [0.2, 0.25) is 0 Å². The Morgan fingerprint density at radius 1 is 1.39 bits per heavy atom. The molecule has 18 heavy (non-hydrogen) atoms. The first-order chi connectivity index (χ1) is 8.63. The maximum absolute atomic E-state index is 5.94. The lowest BCUT2D eigenvalue weighted by Gasteiger charge is -2.26. The highest BCUT2D eigenvalue weighted by Gasteiger charge is 2.50. The maximum atomic E-state index is 5.94. The molecule has 0 bridgehead atoms. The molecule has 0 saturated heterocycles. The quantitative estimate of drug-likeness (QED) is 0.882. The van der Waals surface area contributed by atoms with Crippen LogP contribution in [0.25, 0.3) is 0 Å². The third kappa shape index (κ3) is 1.93. The van der Waals surface area contributed by atoms with Crippen molar-refractivity contribution in [2.45, 2.75) is 39.2 Å². The molecule has 0 spiro atoms. The van der Waals surface area contributed by atoms with Gasteiger partial charge in [0.15, 0.2) is 0 Å². The molecule has 1 aliphatic carbocycles. The van der Waals surface area contributed by atoms with Gasteiger partial charge in [-0.25, -0.2) is 0 Å². The largest absolute Gasteiger partial charge is 0.493 e. The molecule has 1 aliphatic heterocycles. The Hall–Kier alpha value is -1.02. The first kappa shape index (κ1) is 12.0. The highest BCUT2D eigenvalue weighted by atomic mass is 16.5. The number of rotatable bonds is 3. The number of ether oxygens (including phenoxy) is 1. The fourth-order valence-electron chi connectivity index (χ4n) is 3.31. The van der Waals surface area contributed by atoms with Gasteiger partial charge in [0.05, 0.1) is 6.61 Å². The van der Waals surface area contributed by atoms with Gasteiger partial charge in [-0.3, -0.25) is 0 Å². The molecule has 1 heterocycles. The summed E-state index contributed by atoms with van der Waals surface area (Å²) in [5.41, 5.74) is 3.23. The minimum Gasteiger partial charge on any atom is -0.493 e. The molecule has 2 unspecified atom stereocenters. The van der Waals surface area contributed by atoms with Gasteiger partial charge in [-0.15, -0.1) is 0 Å². The molecule has 1 aromatic rings. The Kier molecular flexibility index (Phi) is 2.86. The van der Waals surface area contributed by atoms with Gasteiger partial charge < -0.3 is 10.1 Å². The summed E-state index contributed by atoms with van der Waals surface area (Å²) in [5.74, 6) is 1.89. The third-order valence-corrected chi connectivity index (χ3v) is 4.60. The van der Waals surface area contributed by atoms with Crippen LogP contribution in [0.3, 0.4) is 0 Å². The van der Waals surface area contributed by atoms with E-state index in [1.807, 2.05) is 0 Å². The Bertz CT molecular complexity index is 452. The number of nitrogens with one attached hydrogen (secondary N) is 1. The van der Waals surface area contributed by atoms with Crippen LogP contribution in [-0.2, 0) is 6.42 Å². The fourth-order valence-corrected chi connectivity index (χ4v) is 3.31. The zero-order valence-corrected chi connectivity index (χ0v) is 11.6.